The van der Waals surface area contributed by atoms with E-state index in [0.29, 0.717) is 18.5 Å². The van der Waals surface area contributed by atoms with Crippen LogP contribution in [0.3, 0.4) is 0 Å². The highest BCUT2D eigenvalue weighted by Crippen LogP contribution is 2.37. The van der Waals surface area contributed by atoms with Crippen molar-refractivity contribution in [1.82, 2.24) is 0 Å². The van der Waals surface area contributed by atoms with Crippen molar-refractivity contribution < 1.29 is 8.78 Å². The van der Waals surface area contributed by atoms with Crippen molar-refractivity contribution in [3.8, 4) is 0 Å². The topological polar surface area (TPSA) is 29.3 Å². The number of benzene rings is 2. The molecule has 0 radical (unpaired) electrons. The third-order valence-corrected chi connectivity index (χ3v) is 3.72. The van der Waals surface area contributed by atoms with Crippen LogP contribution in [0.4, 0.5) is 20.2 Å². The molecular formula is C16H16F2N2. The molecule has 0 amide bonds. The Morgan fingerprint density at radius 1 is 1.10 bits per heavy atom. The number of rotatable bonds is 3. The van der Waals surface area contributed by atoms with Gasteiger partial charge in [-0.1, -0.05) is 12.1 Å². The second-order valence-electron chi connectivity index (χ2n) is 4.95. The molecule has 0 fully saturated rings. The van der Waals surface area contributed by atoms with Gasteiger partial charge in [0, 0.05) is 23.5 Å². The van der Waals surface area contributed by atoms with Crippen LogP contribution in [0, 0.1) is 11.6 Å². The van der Waals surface area contributed by atoms with E-state index >= 15 is 0 Å². The molecule has 2 aromatic carbocycles. The van der Waals surface area contributed by atoms with Gasteiger partial charge in [0.15, 0.2) is 0 Å². The smallest absolute Gasteiger partial charge is 0.128 e. The zero-order chi connectivity index (χ0) is 14.1. The average Bonchev–Trinajstić information content (AvgIpc) is 2.84. The summed E-state index contributed by atoms with van der Waals surface area (Å²) in [4.78, 5) is 1.98. The van der Waals surface area contributed by atoms with Crippen LogP contribution in [0.15, 0.2) is 36.4 Å². The fourth-order valence-corrected chi connectivity index (χ4v) is 2.79. The summed E-state index contributed by atoms with van der Waals surface area (Å²) in [6.45, 7) is 1.12. The quantitative estimate of drug-likeness (QED) is 0.931. The predicted molar refractivity (Wildman–Crippen MR) is 76.3 cm³/mol. The van der Waals surface area contributed by atoms with Crippen LogP contribution < -0.4 is 10.6 Å². The fourth-order valence-electron chi connectivity index (χ4n) is 2.79. The van der Waals surface area contributed by atoms with Crippen molar-refractivity contribution in [3.05, 3.63) is 59.2 Å². The van der Waals surface area contributed by atoms with E-state index in [4.69, 9.17) is 5.73 Å². The molecule has 3 rings (SSSR count). The van der Waals surface area contributed by atoms with Crippen molar-refractivity contribution >= 4 is 11.4 Å². The summed E-state index contributed by atoms with van der Waals surface area (Å²) in [7, 11) is 0. The van der Waals surface area contributed by atoms with Crippen molar-refractivity contribution in [2.45, 2.75) is 12.8 Å². The van der Waals surface area contributed by atoms with E-state index in [2.05, 4.69) is 0 Å². The zero-order valence-electron chi connectivity index (χ0n) is 11.1. The first-order valence-corrected chi connectivity index (χ1v) is 6.74. The molecule has 20 heavy (non-hydrogen) atoms. The highest BCUT2D eigenvalue weighted by atomic mass is 19.1. The van der Waals surface area contributed by atoms with Crippen molar-refractivity contribution in [1.29, 1.82) is 0 Å². The lowest BCUT2D eigenvalue weighted by Crippen LogP contribution is -2.17. The molecule has 2 aromatic rings. The fraction of sp³-hybridized carbons (Fsp3) is 0.250. The van der Waals surface area contributed by atoms with E-state index in [1.165, 1.54) is 18.2 Å². The molecule has 0 spiro atoms. The molecule has 1 aliphatic rings. The second-order valence-corrected chi connectivity index (χ2v) is 4.95. The van der Waals surface area contributed by atoms with Gasteiger partial charge < -0.3 is 10.6 Å². The van der Waals surface area contributed by atoms with Crippen LogP contribution in [-0.2, 0) is 12.8 Å². The highest BCUT2D eigenvalue weighted by Gasteiger charge is 2.23. The number of fused-ring (bicyclic) bond motifs is 1. The van der Waals surface area contributed by atoms with Crippen LogP contribution >= 0.6 is 0 Å². The molecule has 0 atom stereocenters. The lowest BCUT2D eigenvalue weighted by atomic mass is 10.1. The number of nitrogens with two attached hydrogens (primary N) is 1. The first-order chi connectivity index (χ1) is 9.70. The number of halogens is 2. The maximum absolute atomic E-state index is 14.0. The molecule has 0 unspecified atom stereocenters. The molecule has 0 saturated heterocycles. The maximum atomic E-state index is 14.0. The van der Waals surface area contributed by atoms with E-state index in [9.17, 15) is 8.78 Å². The third kappa shape index (κ3) is 2.16. The van der Waals surface area contributed by atoms with E-state index in [1.54, 1.807) is 12.1 Å². The Hall–Kier alpha value is -1.94. The summed E-state index contributed by atoms with van der Waals surface area (Å²) < 4.78 is 27.4. The minimum atomic E-state index is -0.271. The molecule has 1 heterocycles. The van der Waals surface area contributed by atoms with Gasteiger partial charge in [-0.15, -0.1) is 0 Å². The van der Waals surface area contributed by atoms with Gasteiger partial charge in [-0.2, -0.15) is 0 Å². The van der Waals surface area contributed by atoms with Gasteiger partial charge in [-0.3, -0.25) is 0 Å². The number of nitrogens with zero attached hydrogens (tertiary/aromatic N) is 1. The lowest BCUT2D eigenvalue weighted by Gasteiger charge is -2.23. The molecule has 104 valence electrons. The second kappa shape index (κ2) is 5.21. The Balaban J connectivity index is 2.08. The monoisotopic (exact) mass is 274 g/mol. The van der Waals surface area contributed by atoms with Gasteiger partial charge in [-0.25, -0.2) is 8.78 Å². The Bertz CT molecular complexity index is 640. The maximum Gasteiger partial charge on any atom is 0.128 e. The van der Waals surface area contributed by atoms with E-state index < -0.39 is 0 Å². The van der Waals surface area contributed by atoms with Crippen molar-refractivity contribution in [3.63, 3.8) is 0 Å². The molecule has 0 aromatic heterocycles. The standard InChI is InChI=1S/C16H16F2N2/c17-12-5-4-11-7-9-20(16(11)10-12)15-3-1-2-14(18)13(15)6-8-19/h1-5,10H,6-9,19H2. The normalized spacial score (nSPS) is 13.7. The van der Waals surface area contributed by atoms with Crippen LogP contribution in [0.5, 0.6) is 0 Å². The average molecular weight is 274 g/mol. The lowest BCUT2D eigenvalue weighted by molar-refractivity contribution is 0.609. The molecule has 2 N–H and O–H groups in total. The molecule has 2 nitrogen and oxygen atoms in total. The van der Waals surface area contributed by atoms with Gasteiger partial charge in [0.1, 0.15) is 11.6 Å². The van der Waals surface area contributed by atoms with E-state index in [1.807, 2.05) is 11.0 Å². The third-order valence-electron chi connectivity index (χ3n) is 3.72. The number of anilines is 2. The molecule has 1 aliphatic heterocycles. The highest BCUT2D eigenvalue weighted by molar-refractivity contribution is 5.72. The minimum Gasteiger partial charge on any atom is -0.341 e. The molecule has 0 bridgehead atoms. The van der Waals surface area contributed by atoms with Crippen molar-refractivity contribution in [2.24, 2.45) is 5.73 Å². The summed E-state index contributed by atoms with van der Waals surface area (Å²) >= 11 is 0. The van der Waals surface area contributed by atoms with Gasteiger partial charge in [0.05, 0.1) is 0 Å². The minimum absolute atomic E-state index is 0.252. The first-order valence-electron chi connectivity index (χ1n) is 6.74. The van der Waals surface area contributed by atoms with Gasteiger partial charge in [0.2, 0.25) is 0 Å². The summed E-state index contributed by atoms with van der Waals surface area (Å²) in [5, 5.41) is 0. The summed E-state index contributed by atoms with van der Waals surface area (Å²) in [5.74, 6) is -0.523. The van der Waals surface area contributed by atoms with Crippen LogP contribution in [0.25, 0.3) is 0 Å². The number of hydrogen-bond acceptors (Lipinski definition) is 2. The van der Waals surface area contributed by atoms with E-state index in [0.717, 1.165) is 29.9 Å². The molecule has 4 heteroatoms. The Labute approximate surface area is 116 Å². The van der Waals surface area contributed by atoms with E-state index in [-0.39, 0.29) is 11.6 Å². The molecule has 0 aliphatic carbocycles. The molecule has 0 saturated carbocycles. The zero-order valence-corrected chi connectivity index (χ0v) is 11.1. The summed E-state index contributed by atoms with van der Waals surface area (Å²) in [5.41, 5.74) is 8.89. The predicted octanol–water partition coefficient (Wildman–Crippen LogP) is 3.16. The SMILES string of the molecule is NCCc1c(F)cccc1N1CCc2ccc(F)cc21. The summed E-state index contributed by atoms with van der Waals surface area (Å²) in [6, 6.07) is 9.77. The largest absolute Gasteiger partial charge is 0.341 e. The first kappa shape index (κ1) is 13.1. The number of hydrogen-bond donors (Lipinski definition) is 1. The van der Waals surface area contributed by atoms with Crippen LogP contribution in [0.1, 0.15) is 11.1 Å². The molecular weight excluding hydrogens is 258 g/mol. The Morgan fingerprint density at radius 2 is 1.95 bits per heavy atom. The Morgan fingerprint density at radius 3 is 2.75 bits per heavy atom. The van der Waals surface area contributed by atoms with Crippen LogP contribution in [-0.4, -0.2) is 13.1 Å². The summed E-state index contributed by atoms with van der Waals surface area (Å²) in [6.07, 6.45) is 1.32. The van der Waals surface area contributed by atoms with Gasteiger partial charge >= 0.3 is 0 Å². The van der Waals surface area contributed by atoms with Gasteiger partial charge in [0.25, 0.3) is 0 Å². The van der Waals surface area contributed by atoms with Gasteiger partial charge in [-0.05, 0) is 49.2 Å². The Kier molecular flexibility index (Phi) is 3.40. The van der Waals surface area contributed by atoms with Crippen LogP contribution in [0.2, 0.25) is 0 Å². The van der Waals surface area contributed by atoms with Crippen molar-refractivity contribution in [2.75, 3.05) is 18.0 Å².